The molecule has 84 valence electrons. The number of aryl methyl sites for hydroxylation is 2. The summed E-state index contributed by atoms with van der Waals surface area (Å²) in [5.41, 5.74) is 1.89. The SMILES string of the molecule is Cc1nc(CS(=O)c2ccccc2)c(C)[nH]1. The van der Waals surface area contributed by atoms with Crippen molar-refractivity contribution in [1.29, 1.82) is 0 Å². The minimum absolute atomic E-state index is 0.472. The fraction of sp³-hybridized carbons (Fsp3) is 0.250. The summed E-state index contributed by atoms with van der Waals surface area (Å²) in [6.07, 6.45) is 0. The summed E-state index contributed by atoms with van der Waals surface area (Å²) >= 11 is 0. The molecule has 1 atom stereocenters. The molecule has 0 aliphatic rings. The van der Waals surface area contributed by atoms with Gasteiger partial charge >= 0.3 is 0 Å². The Morgan fingerprint density at radius 1 is 1.25 bits per heavy atom. The molecule has 0 aliphatic carbocycles. The summed E-state index contributed by atoms with van der Waals surface area (Å²) in [5, 5.41) is 0. The Morgan fingerprint density at radius 3 is 2.50 bits per heavy atom. The van der Waals surface area contributed by atoms with Crippen molar-refractivity contribution in [1.82, 2.24) is 9.97 Å². The predicted molar refractivity (Wildman–Crippen MR) is 64.6 cm³/mol. The molecule has 1 unspecified atom stereocenters. The molecule has 0 saturated heterocycles. The first-order valence-corrected chi connectivity index (χ1v) is 6.44. The van der Waals surface area contributed by atoms with E-state index in [4.69, 9.17) is 0 Å². The normalized spacial score (nSPS) is 12.6. The molecular weight excluding hydrogens is 220 g/mol. The van der Waals surface area contributed by atoms with Crippen molar-refractivity contribution in [3.8, 4) is 0 Å². The van der Waals surface area contributed by atoms with Gasteiger partial charge in [0.1, 0.15) is 5.82 Å². The van der Waals surface area contributed by atoms with E-state index in [0.717, 1.165) is 22.1 Å². The van der Waals surface area contributed by atoms with Gasteiger partial charge in [0.25, 0.3) is 0 Å². The van der Waals surface area contributed by atoms with Gasteiger partial charge in [-0.1, -0.05) is 18.2 Å². The lowest BCUT2D eigenvalue weighted by molar-refractivity contribution is 0.682. The first-order chi connectivity index (χ1) is 7.66. The first-order valence-electron chi connectivity index (χ1n) is 5.12. The van der Waals surface area contributed by atoms with Gasteiger partial charge in [-0.3, -0.25) is 4.21 Å². The van der Waals surface area contributed by atoms with Gasteiger partial charge in [-0.25, -0.2) is 4.98 Å². The summed E-state index contributed by atoms with van der Waals surface area (Å²) in [7, 11) is -1.01. The molecule has 0 amide bonds. The lowest BCUT2D eigenvalue weighted by Crippen LogP contribution is -1.98. The number of hydrogen-bond acceptors (Lipinski definition) is 2. The Balaban J connectivity index is 2.17. The second-order valence-corrected chi connectivity index (χ2v) is 5.15. The Labute approximate surface area is 97.4 Å². The lowest BCUT2D eigenvalue weighted by atomic mass is 10.4. The zero-order valence-electron chi connectivity index (χ0n) is 9.36. The van der Waals surface area contributed by atoms with Crippen molar-refractivity contribution < 1.29 is 4.21 Å². The third-order valence-electron chi connectivity index (χ3n) is 2.38. The van der Waals surface area contributed by atoms with Crippen molar-refractivity contribution in [2.45, 2.75) is 24.5 Å². The minimum Gasteiger partial charge on any atom is -0.346 e. The van der Waals surface area contributed by atoms with Crippen LogP contribution in [0.1, 0.15) is 17.2 Å². The largest absolute Gasteiger partial charge is 0.346 e. The molecule has 0 spiro atoms. The molecule has 3 nitrogen and oxygen atoms in total. The summed E-state index contributed by atoms with van der Waals surface area (Å²) in [6.45, 7) is 3.86. The maximum atomic E-state index is 12.0. The highest BCUT2D eigenvalue weighted by molar-refractivity contribution is 7.84. The Morgan fingerprint density at radius 2 is 1.94 bits per heavy atom. The van der Waals surface area contributed by atoms with Crippen LogP contribution in [-0.4, -0.2) is 14.2 Å². The van der Waals surface area contributed by atoms with Crippen LogP contribution in [0.2, 0.25) is 0 Å². The number of H-pyrrole nitrogens is 1. The molecule has 1 heterocycles. The molecule has 16 heavy (non-hydrogen) atoms. The van der Waals surface area contributed by atoms with E-state index < -0.39 is 10.8 Å². The number of nitrogens with zero attached hydrogens (tertiary/aromatic N) is 1. The van der Waals surface area contributed by atoms with Crippen molar-refractivity contribution >= 4 is 10.8 Å². The van der Waals surface area contributed by atoms with Crippen molar-refractivity contribution in [3.63, 3.8) is 0 Å². The van der Waals surface area contributed by atoms with Crippen LogP contribution in [0.4, 0.5) is 0 Å². The molecule has 0 bridgehead atoms. The fourth-order valence-corrected chi connectivity index (χ4v) is 2.73. The molecule has 4 heteroatoms. The average Bonchev–Trinajstić information content (AvgIpc) is 2.59. The standard InChI is InChI=1S/C12H14N2OS/c1-9-12(14-10(2)13-9)8-16(15)11-6-4-3-5-7-11/h3-7H,8H2,1-2H3,(H,13,14). The monoisotopic (exact) mass is 234 g/mol. The van der Waals surface area contributed by atoms with Gasteiger partial charge in [-0.05, 0) is 26.0 Å². The van der Waals surface area contributed by atoms with Crippen LogP contribution < -0.4 is 0 Å². The Hall–Kier alpha value is -1.42. The number of rotatable bonds is 3. The van der Waals surface area contributed by atoms with Crippen LogP contribution >= 0.6 is 0 Å². The van der Waals surface area contributed by atoms with Crippen LogP contribution in [0.25, 0.3) is 0 Å². The summed E-state index contributed by atoms with van der Waals surface area (Å²) < 4.78 is 12.0. The summed E-state index contributed by atoms with van der Waals surface area (Å²) in [6, 6.07) is 9.48. The molecule has 1 N–H and O–H groups in total. The van der Waals surface area contributed by atoms with Crippen LogP contribution in [0.15, 0.2) is 35.2 Å². The van der Waals surface area contributed by atoms with Crippen LogP contribution in [0.3, 0.4) is 0 Å². The maximum Gasteiger partial charge on any atom is 0.103 e. The highest BCUT2D eigenvalue weighted by Crippen LogP contribution is 2.13. The topological polar surface area (TPSA) is 45.8 Å². The average molecular weight is 234 g/mol. The van der Waals surface area contributed by atoms with Crippen LogP contribution in [0.5, 0.6) is 0 Å². The summed E-state index contributed by atoms with van der Waals surface area (Å²) in [5.74, 6) is 1.35. The van der Waals surface area contributed by atoms with E-state index in [2.05, 4.69) is 9.97 Å². The number of imidazole rings is 1. The zero-order valence-corrected chi connectivity index (χ0v) is 10.2. The quantitative estimate of drug-likeness (QED) is 0.886. The van der Waals surface area contributed by atoms with E-state index in [1.54, 1.807) is 0 Å². The molecule has 0 aliphatic heterocycles. The van der Waals surface area contributed by atoms with Gasteiger partial charge in [0, 0.05) is 10.6 Å². The van der Waals surface area contributed by atoms with E-state index in [-0.39, 0.29) is 0 Å². The number of nitrogens with one attached hydrogen (secondary N) is 1. The highest BCUT2D eigenvalue weighted by Gasteiger charge is 2.09. The van der Waals surface area contributed by atoms with Crippen LogP contribution in [0, 0.1) is 13.8 Å². The Kier molecular flexibility index (Phi) is 3.19. The number of aromatic nitrogens is 2. The van der Waals surface area contributed by atoms with Crippen LogP contribution in [-0.2, 0) is 16.6 Å². The molecule has 2 rings (SSSR count). The van der Waals surface area contributed by atoms with Gasteiger partial charge in [0.05, 0.1) is 22.2 Å². The van der Waals surface area contributed by atoms with E-state index in [0.29, 0.717) is 5.75 Å². The number of hydrogen-bond donors (Lipinski definition) is 1. The van der Waals surface area contributed by atoms with Crippen molar-refractivity contribution in [2.24, 2.45) is 0 Å². The molecule has 2 aromatic rings. The molecule has 0 fully saturated rings. The first kappa shape index (κ1) is 11.1. The third-order valence-corrected chi connectivity index (χ3v) is 3.71. The van der Waals surface area contributed by atoms with Gasteiger partial charge in [0.2, 0.25) is 0 Å². The van der Waals surface area contributed by atoms with Gasteiger partial charge in [-0.15, -0.1) is 0 Å². The van der Waals surface area contributed by atoms with E-state index in [1.807, 2.05) is 44.2 Å². The fourth-order valence-electron chi connectivity index (χ4n) is 1.58. The third kappa shape index (κ3) is 2.39. The molecule has 0 saturated carbocycles. The second-order valence-electron chi connectivity index (χ2n) is 3.70. The molecular formula is C12H14N2OS. The number of aromatic amines is 1. The van der Waals surface area contributed by atoms with Gasteiger partial charge < -0.3 is 4.98 Å². The molecule has 1 aromatic carbocycles. The van der Waals surface area contributed by atoms with E-state index in [1.165, 1.54) is 0 Å². The highest BCUT2D eigenvalue weighted by atomic mass is 32.2. The molecule has 1 aromatic heterocycles. The zero-order chi connectivity index (χ0) is 11.5. The van der Waals surface area contributed by atoms with Gasteiger partial charge in [0.15, 0.2) is 0 Å². The minimum atomic E-state index is -1.01. The Bertz CT molecular complexity index is 505. The van der Waals surface area contributed by atoms with Gasteiger partial charge in [-0.2, -0.15) is 0 Å². The second kappa shape index (κ2) is 4.61. The molecule has 0 radical (unpaired) electrons. The maximum absolute atomic E-state index is 12.0. The van der Waals surface area contributed by atoms with Crippen molar-refractivity contribution in [2.75, 3.05) is 0 Å². The van der Waals surface area contributed by atoms with Crippen molar-refractivity contribution in [3.05, 3.63) is 47.5 Å². The predicted octanol–water partition coefficient (Wildman–Crippen LogP) is 2.33. The smallest absolute Gasteiger partial charge is 0.103 e. The number of benzene rings is 1. The van der Waals surface area contributed by atoms with E-state index >= 15 is 0 Å². The summed E-state index contributed by atoms with van der Waals surface area (Å²) in [4.78, 5) is 8.30. The van der Waals surface area contributed by atoms with E-state index in [9.17, 15) is 4.21 Å². The lowest BCUT2D eigenvalue weighted by Gasteiger charge is -2.00.